The minimum atomic E-state index is -0.314. The molecule has 1 aliphatic rings. The van der Waals surface area contributed by atoms with Crippen molar-refractivity contribution in [1.82, 2.24) is 9.80 Å². The average Bonchev–Trinajstić information content (AvgIpc) is 3.11. The van der Waals surface area contributed by atoms with Crippen LogP contribution in [0.4, 0.5) is 5.69 Å². The Hall–Kier alpha value is -2.80. The minimum Gasteiger partial charge on any atom is -0.484 e. The Labute approximate surface area is 165 Å². The predicted molar refractivity (Wildman–Crippen MR) is 107 cm³/mol. The predicted octanol–water partition coefficient (Wildman–Crippen LogP) is 2.85. The van der Waals surface area contributed by atoms with Crippen molar-refractivity contribution in [3.05, 3.63) is 48.4 Å². The average molecular weight is 385 g/mol. The smallest absolute Gasteiger partial charge is 0.291 e. The van der Waals surface area contributed by atoms with Gasteiger partial charge in [0.2, 0.25) is 0 Å². The molecule has 0 radical (unpaired) electrons. The molecule has 0 bridgehead atoms. The third-order valence-electron chi connectivity index (χ3n) is 4.95. The second-order valence-corrected chi connectivity index (χ2v) is 7.20. The van der Waals surface area contributed by atoms with Crippen molar-refractivity contribution in [3.63, 3.8) is 0 Å². The number of amides is 2. The Bertz CT molecular complexity index is 771. The Morgan fingerprint density at radius 2 is 2.00 bits per heavy atom. The molecular weight excluding hydrogens is 358 g/mol. The lowest BCUT2D eigenvalue weighted by Crippen LogP contribution is -2.43. The number of benzene rings is 1. The number of anilines is 1. The minimum absolute atomic E-state index is 0.00366. The van der Waals surface area contributed by atoms with Gasteiger partial charge in [-0.1, -0.05) is 6.42 Å². The van der Waals surface area contributed by atoms with Crippen molar-refractivity contribution in [2.45, 2.75) is 25.3 Å². The van der Waals surface area contributed by atoms with E-state index >= 15 is 0 Å². The van der Waals surface area contributed by atoms with Gasteiger partial charge in [0.25, 0.3) is 11.8 Å². The molecule has 7 nitrogen and oxygen atoms in total. The number of carbonyl (C=O) groups excluding carboxylic acids is 2. The highest BCUT2D eigenvalue weighted by Gasteiger charge is 2.23. The van der Waals surface area contributed by atoms with Crippen LogP contribution in [0, 0.1) is 0 Å². The Morgan fingerprint density at radius 1 is 1.21 bits per heavy atom. The van der Waals surface area contributed by atoms with Crippen LogP contribution in [0.3, 0.4) is 0 Å². The maximum atomic E-state index is 12.6. The summed E-state index contributed by atoms with van der Waals surface area (Å²) in [7, 11) is 4.11. The summed E-state index contributed by atoms with van der Waals surface area (Å²) in [4.78, 5) is 28.6. The molecule has 1 N–H and O–H groups in total. The van der Waals surface area contributed by atoms with Crippen LogP contribution in [0.15, 0.2) is 47.1 Å². The zero-order valence-corrected chi connectivity index (χ0v) is 16.4. The fraction of sp³-hybridized carbons (Fsp3) is 0.429. The summed E-state index contributed by atoms with van der Waals surface area (Å²) in [5.41, 5.74) is 0.626. The Balaban J connectivity index is 1.50. The molecule has 2 amide bonds. The number of likely N-dealkylation sites (N-methyl/N-ethyl adjacent to an activating group) is 1. The van der Waals surface area contributed by atoms with Gasteiger partial charge in [-0.2, -0.15) is 0 Å². The maximum absolute atomic E-state index is 12.6. The van der Waals surface area contributed by atoms with Gasteiger partial charge in [0.05, 0.1) is 6.26 Å². The summed E-state index contributed by atoms with van der Waals surface area (Å²) in [6, 6.07) is 10.6. The summed E-state index contributed by atoms with van der Waals surface area (Å²) < 4.78 is 10.7. The molecule has 3 rings (SSSR count). The SMILES string of the molecule is CN(C)C1CCCCN(C(=O)COc2ccc(NC(=O)c3ccco3)cc2)C1. The first kappa shape index (κ1) is 19.9. The molecule has 1 aliphatic heterocycles. The monoisotopic (exact) mass is 385 g/mol. The second kappa shape index (κ2) is 9.41. The lowest BCUT2D eigenvalue weighted by atomic mass is 10.1. The number of hydrogen-bond donors (Lipinski definition) is 1. The highest BCUT2D eigenvalue weighted by atomic mass is 16.5. The molecule has 1 aromatic heterocycles. The van der Waals surface area contributed by atoms with Crippen molar-refractivity contribution in [2.75, 3.05) is 39.1 Å². The third kappa shape index (κ3) is 5.36. The number of nitrogens with one attached hydrogen (secondary N) is 1. The lowest BCUT2D eigenvalue weighted by molar-refractivity contribution is -0.133. The molecule has 150 valence electrons. The zero-order valence-electron chi connectivity index (χ0n) is 16.4. The highest BCUT2D eigenvalue weighted by Crippen LogP contribution is 2.18. The molecule has 1 saturated heterocycles. The molecule has 1 aromatic carbocycles. The summed E-state index contributed by atoms with van der Waals surface area (Å²) in [6.07, 6.45) is 4.73. The molecular formula is C21H27N3O4. The molecule has 28 heavy (non-hydrogen) atoms. The first-order valence-corrected chi connectivity index (χ1v) is 9.55. The fourth-order valence-corrected chi connectivity index (χ4v) is 3.24. The van der Waals surface area contributed by atoms with Crippen molar-refractivity contribution in [1.29, 1.82) is 0 Å². The van der Waals surface area contributed by atoms with Crippen LogP contribution < -0.4 is 10.1 Å². The molecule has 0 spiro atoms. The van der Waals surface area contributed by atoms with Gasteiger partial charge in [0.15, 0.2) is 12.4 Å². The second-order valence-electron chi connectivity index (χ2n) is 7.20. The molecule has 7 heteroatoms. The van der Waals surface area contributed by atoms with Crippen LogP contribution in [0.5, 0.6) is 5.75 Å². The lowest BCUT2D eigenvalue weighted by Gasteiger charge is -2.28. The van der Waals surface area contributed by atoms with E-state index in [2.05, 4.69) is 24.3 Å². The quantitative estimate of drug-likeness (QED) is 0.828. The van der Waals surface area contributed by atoms with Crippen molar-refractivity contribution >= 4 is 17.5 Å². The summed E-state index contributed by atoms with van der Waals surface area (Å²) >= 11 is 0. The molecule has 0 saturated carbocycles. The van der Waals surface area contributed by atoms with Crippen LogP contribution in [0.1, 0.15) is 29.8 Å². The fourth-order valence-electron chi connectivity index (χ4n) is 3.24. The van der Waals surface area contributed by atoms with E-state index in [1.54, 1.807) is 36.4 Å². The molecule has 1 fully saturated rings. The van der Waals surface area contributed by atoms with E-state index < -0.39 is 0 Å². The van der Waals surface area contributed by atoms with Crippen molar-refractivity contribution < 1.29 is 18.7 Å². The number of likely N-dealkylation sites (tertiary alicyclic amines) is 1. The van der Waals surface area contributed by atoms with E-state index in [4.69, 9.17) is 9.15 Å². The zero-order chi connectivity index (χ0) is 19.9. The molecule has 1 unspecified atom stereocenters. The summed E-state index contributed by atoms with van der Waals surface area (Å²) in [6.45, 7) is 1.54. The van der Waals surface area contributed by atoms with E-state index in [1.807, 2.05) is 4.90 Å². The summed E-state index contributed by atoms with van der Waals surface area (Å²) in [5.74, 6) is 0.525. The molecule has 2 heterocycles. The maximum Gasteiger partial charge on any atom is 0.291 e. The van der Waals surface area contributed by atoms with Gasteiger partial charge in [0, 0.05) is 24.8 Å². The van der Waals surface area contributed by atoms with Crippen LogP contribution in [-0.2, 0) is 4.79 Å². The van der Waals surface area contributed by atoms with Crippen LogP contribution in [0.25, 0.3) is 0 Å². The number of hydrogen-bond acceptors (Lipinski definition) is 5. The number of carbonyl (C=O) groups is 2. The van der Waals surface area contributed by atoms with Crippen LogP contribution >= 0.6 is 0 Å². The Morgan fingerprint density at radius 3 is 2.68 bits per heavy atom. The largest absolute Gasteiger partial charge is 0.484 e. The molecule has 0 aliphatic carbocycles. The highest BCUT2D eigenvalue weighted by molar-refractivity contribution is 6.02. The van der Waals surface area contributed by atoms with Gasteiger partial charge in [-0.25, -0.2) is 0 Å². The van der Waals surface area contributed by atoms with E-state index in [-0.39, 0.29) is 24.2 Å². The van der Waals surface area contributed by atoms with Gasteiger partial charge < -0.3 is 24.3 Å². The molecule has 2 aromatic rings. The van der Waals surface area contributed by atoms with Crippen LogP contribution in [0.2, 0.25) is 0 Å². The number of furan rings is 1. The first-order chi connectivity index (χ1) is 13.5. The van der Waals surface area contributed by atoms with Gasteiger partial charge in [-0.05, 0) is 63.3 Å². The Kier molecular flexibility index (Phi) is 6.71. The van der Waals surface area contributed by atoms with Crippen molar-refractivity contribution in [3.8, 4) is 5.75 Å². The normalized spacial score (nSPS) is 17.2. The van der Waals surface area contributed by atoms with Crippen LogP contribution in [-0.4, -0.2) is 61.4 Å². The number of nitrogens with zero attached hydrogens (tertiary/aromatic N) is 2. The van der Waals surface area contributed by atoms with E-state index in [9.17, 15) is 9.59 Å². The van der Waals surface area contributed by atoms with Gasteiger partial charge in [-0.3, -0.25) is 9.59 Å². The standard InChI is InChI=1S/C21H27N3O4/c1-23(2)17-6-3-4-12-24(14-17)20(25)15-28-18-10-8-16(9-11-18)22-21(26)19-7-5-13-27-19/h5,7-11,13,17H,3-4,6,12,14-15H2,1-2H3,(H,22,26). The van der Waals surface area contributed by atoms with E-state index in [0.29, 0.717) is 17.5 Å². The number of ether oxygens (including phenoxy) is 1. The third-order valence-corrected chi connectivity index (χ3v) is 4.95. The van der Waals surface area contributed by atoms with Gasteiger partial charge in [0.1, 0.15) is 5.75 Å². The first-order valence-electron chi connectivity index (χ1n) is 9.55. The van der Waals surface area contributed by atoms with E-state index in [0.717, 1.165) is 32.4 Å². The number of rotatable bonds is 6. The topological polar surface area (TPSA) is 75.0 Å². The van der Waals surface area contributed by atoms with Crippen molar-refractivity contribution in [2.24, 2.45) is 0 Å². The molecule has 1 atom stereocenters. The summed E-state index contributed by atoms with van der Waals surface area (Å²) in [5, 5.41) is 2.74. The van der Waals surface area contributed by atoms with E-state index in [1.165, 1.54) is 6.26 Å². The van der Waals surface area contributed by atoms with Gasteiger partial charge in [-0.15, -0.1) is 0 Å². The van der Waals surface area contributed by atoms with Gasteiger partial charge >= 0.3 is 0 Å².